The molecule has 3 N–H and O–H groups in total. The molecule has 120 valence electrons. The van der Waals surface area contributed by atoms with Crippen molar-refractivity contribution in [3.8, 4) is 5.75 Å². The third-order valence-electron chi connectivity index (χ3n) is 2.70. The second-order valence-corrected chi connectivity index (χ2v) is 5.19. The van der Waals surface area contributed by atoms with Crippen LogP contribution in [0.1, 0.15) is 0 Å². The topological polar surface area (TPSA) is 79.5 Å². The molecule has 2 rings (SSSR count). The number of urea groups is 1. The molecular weight excluding hydrogens is 341 g/mol. The maximum absolute atomic E-state index is 11.9. The maximum Gasteiger partial charge on any atom is 0.417 e. The van der Waals surface area contributed by atoms with Gasteiger partial charge in [0.1, 0.15) is 5.75 Å². The number of rotatable bonds is 3. The molecule has 0 atom stereocenters. The smallest absolute Gasteiger partial charge is 0.410 e. The Labute approximate surface area is 142 Å². The van der Waals surface area contributed by atoms with Gasteiger partial charge in [0, 0.05) is 24.5 Å². The first kappa shape index (κ1) is 16.9. The van der Waals surface area contributed by atoms with E-state index in [0.717, 1.165) is 0 Å². The monoisotopic (exact) mass is 353 g/mol. The van der Waals surface area contributed by atoms with Crippen LogP contribution in [0.2, 0.25) is 10.0 Å². The van der Waals surface area contributed by atoms with Crippen molar-refractivity contribution in [3.05, 3.63) is 52.5 Å². The van der Waals surface area contributed by atoms with Crippen molar-refractivity contribution in [2.45, 2.75) is 0 Å². The van der Waals surface area contributed by atoms with Crippen molar-refractivity contribution in [3.63, 3.8) is 0 Å². The fourth-order valence-electron chi connectivity index (χ4n) is 1.66. The molecule has 0 bridgehead atoms. The van der Waals surface area contributed by atoms with E-state index in [1.54, 1.807) is 30.3 Å². The molecule has 0 fully saturated rings. The summed E-state index contributed by atoms with van der Waals surface area (Å²) in [6, 6.07) is 10.7. The Kier molecular flexibility index (Phi) is 5.67. The Balaban J connectivity index is 2.00. The Hall–Kier alpha value is -2.44. The van der Waals surface area contributed by atoms with Crippen molar-refractivity contribution < 1.29 is 14.3 Å². The predicted molar refractivity (Wildman–Crippen MR) is 90.6 cm³/mol. The van der Waals surface area contributed by atoms with Crippen LogP contribution >= 0.6 is 23.2 Å². The fraction of sp³-hybridized carbons (Fsp3) is 0.0667. The standard InChI is InChI=1S/C15H13Cl2N3O3/c1-18-14(21)19-9-3-2-4-11(7-9)23-15(22)20-10-5-6-12(16)13(17)8-10/h2-8H,1H3,(H,20,22)(H2,18,19,21). The number of ether oxygens (including phenoxy) is 1. The first-order valence-corrected chi connectivity index (χ1v) is 7.26. The summed E-state index contributed by atoms with van der Waals surface area (Å²) >= 11 is 11.7. The van der Waals surface area contributed by atoms with Crippen LogP contribution in [0.25, 0.3) is 0 Å². The van der Waals surface area contributed by atoms with Gasteiger partial charge in [-0.05, 0) is 30.3 Å². The van der Waals surface area contributed by atoms with Crippen LogP contribution in [0.15, 0.2) is 42.5 Å². The average molecular weight is 354 g/mol. The number of hydrogen-bond acceptors (Lipinski definition) is 3. The van der Waals surface area contributed by atoms with Gasteiger partial charge >= 0.3 is 12.1 Å². The van der Waals surface area contributed by atoms with E-state index in [2.05, 4.69) is 16.0 Å². The number of amides is 3. The van der Waals surface area contributed by atoms with Gasteiger partial charge in [0.25, 0.3) is 0 Å². The molecule has 0 aliphatic rings. The van der Waals surface area contributed by atoms with Crippen molar-refractivity contribution >= 4 is 46.7 Å². The number of nitrogens with one attached hydrogen (secondary N) is 3. The molecule has 0 spiro atoms. The van der Waals surface area contributed by atoms with Gasteiger partial charge in [-0.15, -0.1) is 0 Å². The highest BCUT2D eigenvalue weighted by Gasteiger charge is 2.08. The fourth-order valence-corrected chi connectivity index (χ4v) is 1.95. The van der Waals surface area contributed by atoms with Crippen LogP contribution in [0.3, 0.4) is 0 Å². The first-order valence-electron chi connectivity index (χ1n) is 6.50. The summed E-state index contributed by atoms with van der Waals surface area (Å²) < 4.78 is 5.15. The summed E-state index contributed by atoms with van der Waals surface area (Å²) in [4.78, 5) is 23.1. The molecule has 0 unspecified atom stereocenters. The highest BCUT2D eigenvalue weighted by Crippen LogP contribution is 2.25. The Morgan fingerprint density at radius 3 is 2.39 bits per heavy atom. The number of anilines is 2. The van der Waals surface area contributed by atoms with Crippen LogP contribution in [-0.2, 0) is 0 Å². The SMILES string of the molecule is CNC(=O)Nc1cccc(OC(=O)Nc2ccc(Cl)c(Cl)c2)c1. The molecule has 0 aliphatic heterocycles. The molecule has 0 saturated heterocycles. The quantitative estimate of drug-likeness (QED) is 0.766. The molecule has 0 aromatic heterocycles. The van der Waals surface area contributed by atoms with Gasteiger partial charge in [-0.1, -0.05) is 29.3 Å². The number of benzene rings is 2. The Bertz CT molecular complexity index is 738. The molecule has 2 aromatic carbocycles. The molecular formula is C15H13Cl2N3O3. The normalized spacial score (nSPS) is 9.87. The van der Waals surface area contributed by atoms with E-state index in [4.69, 9.17) is 27.9 Å². The second-order valence-electron chi connectivity index (χ2n) is 4.38. The Morgan fingerprint density at radius 1 is 0.957 bits per heavy atom. The number of carbonyl (C=O) groups is 2. The first-order chi connectivity index (χ1) is 11.0. The van der Waals surface area contributed by atoms with Crippen LogP contribution < -0.4 is 20.7 Å². The minimum atomic E-state index is -0.694. The minimum Gasteiger partial charge on any atom is -0.410 e. The van der Waals surface area contributed by atoms with E-state index < -0.39 is 6.09 Å². The highest BCUT2D eigenvalue weighted by atomic mass is 35.5. The van der Waals surface area contributed by atoms with Crippen LogP contribution in [-0.4, -0.2) is 19.2 Å². The van der Waals surface area contributed by atoms with Gasteiger partial charge in [0.2, 0.25) is 0 Å². The summed E-state index contributed by atoms with van der Waals surface area (Å²) in [5.74, 6) is 0.275. The third-order valence-corrected chi connectivity index (χ3v) is 3.43. The molecule has 8 heteroatoms. The lowest BCUT2D eigenvalue weighted by Gasteiger charge is -2.09. The Morgan fingerprint density at radius 2 is 1.70 bits per heavy atom. The molecule has 0 heterocycles. The molecule has 23 heavy (non-hydrogen) atoms. The zero-order valence-electron chi connectivity index (χ0n) is 12.0. The minimum absolute atomic E-state index is 0.275. The lowest BCUT2D eigenvalue weighted by atomic mass is 10.3. The number of carbonyl (C=O) groups excluding carboxylic acids is 2. The van der Waals surface area contributed by atoms with Gasteiger partial charge < -0.3 is 15.4 Å². The molecule has 0 saturated carbocycles. The molecule has 2 aromatic rings. The summed E-state index contributed by atoms with van der Waals surface area (Å²) in [6.07, 6.45) is -0.694. The average Bonchev–Trinajstić information content (AvgIpc) is 2.51. The molecule has 6 nitrogen and oxygen atoms in total. The van der Waals surface area contributed by atoms with Gasteiger partial charge in [-0.2, -0.15) is 0 Å². The van der Waals surface area contributed by atoms with Crippen molar-refractivity contribution in [2.75, 3.05) is 17.7 Å². The van der Waals surface area contributed by atoms with E-state index in [9.17, 15) is 9.59 Å². The van der Waals surface area contributed by atoms with Crippen molar-refractivity contribution in [2.24, 2.45) is 0 Å². The zero-order valence-corrected chi connectivity index (χ0v) is 13.5. The third kappa shape index (κ3) is 5.05. The van der Waals surface area contributed by atoms with Gasteiger partial charge in [-0.3, -0.25) is 5.32 Å². The molecule has 0 radical (unpaired) electrons. The summed E-state index contributed by atoms with van der Waals surface area (Å²) in [6.45, 7) is 0. The predicted octanol–water partition coefficient (Wildman–Crippen LogP) is 4.36. The lowest BCUT2D eigenvalue weighted by molar-refractivity contribution is 0.215. The second kappa shape index (κ2) is 7.71. The summed E-state index contributed by atoms with van der Waals surface area (Å²) in [7, 11) is 1.50. The molecule has 0 aliphatic carbocycles. The molecule has 3 amide bonds. The largest absolute Gasteiger partial charge is 0.417 e. The van der Waals surface area contributed by atoms with Gasteiger partial charge in [0.05, 0.1) is 10.0 Å². The van der Waals surface area contributed by atoms with E-state index in [0.29, 0.717) is 21.4 Å². The van der Waals surface area contributed by atoms with Gasteiger partial charge in [0.15, 0.2) is 0 Å². The number of halogens is 2. The van der Waals surface area contributed by atoms with E-state index >= 15 is 0 Å². The van der Waals surface area contributed by atoms with Crippen LogP contribution in [0.4, 0.5) is 21.0 Å². The highest BCUT2D eigenvalue weighted by molar-refractivity contribution is 6.42. The van der Waals surface area contributed by atoms with E-state index in [1.165, 1.54) is 19.2 Å². The van der Waals surface area contributed by atoms with Crippen molar-refractivity contribution in [1.29, 1.82) is 0 Å². The van der Waals surface area contributed by atoms with E-state index in [1.807, 2.05) is 0 Å². The summed E-state index contributed by atoms with van der Waals surface area (Å²) in [5.41, 5.74) is 0.938. The lowest BCUT2D eigenvalue weighted by Crippen LogP contribution is -2.24. The van der Waals surface area contributed by atoms with Crippen molar-refractivity contribution in [1.82, 2.24) is 5.32 Å². The van der Waals surface area contributed by atoms with Crippen LogP contribution in [0.5, 0.6) is 5.75 Å². The van der Waals surface area contributed by atoms with E-state index in [-0.39, 0.29) is 11.8 Å². The summed E-state index contributed by atoms with van der Waals surface area (Å²) in [5, 5.41) is 8.23. The maximum atomic E-state index is 11.9. The van der Waals surface area contributed by atoms with Crippen LogP contribution in [0, 0.1) is 0 Å². The zero-order chi connectivity index (χ0) is 16.8. The van der Waals surface area contributed by atoms with Gasteiger partial charge in [-0.25, -0.2) is 9.59 Å². The number of hydrogen-bond donors (Lipinski definition) is 3.